The number of phenolic OH excluding ortho intramolecular Hbond substituents is 1. The summed E-state index contributed by atoms with van der Waals surface area (Å²) < 4.78 is 0. The molecule has 0 saturated heterocycles. The Bertz CT molecular complexity index is 579. The number of para-hydroxylation sites is 1. The van der Waals surface area contributed by atoms with Crippen LogP contribution in [0.5, 0.6) is 5.75 Å². The fourth-order valence-corrected chi connectivity index (χ4v) is 3.03. The number of aromatic hydroxyl groups is 1. The van der Waals surface area contributed by atoms with E-state index in [-0.39, 0.29) is 0 Å². The lowest BCUT2D eigenvalue weighted by atomic mass is 9.85. The van der Waals surface area contributed by atoms with Gasteiger partial charge in [0, 0.05) is 19.0 Å². The summed E-state index contributed by atoms with van der Waals surface area (Å²) in [6.07, 6.45) is 0.897. The van der Waals surface area contributed by atoms with Crippen LogP contribution in [0.3, 0.4) is 0 Å². The third kappa shape index (κ3) is 2.49. The molecule has 1 heterocycles. The molecule has 0 aromatic heterocycles. The van der Waals surface area contributed by atoms with Gasteiger partial charge in [0.1, 0.15) is 5.75 Å². The lowest BCUT2D eigenvalue weighted by molar-refractivity contribution is 0.279. The molecule has 19 heavy (non-hydrogen) atoms. The Kier molecular flexibility index (Phi) is 3.26. The first-order chi connectivity index (χ1) is 9.24. The van der Waals surface area contributed by atoms with Crippen molar-refractivity contribution in [2.45, 2.75) is 18.9 Å². The second kappa shape index (κ2) is 5.06. The third-order valence-electron chi connectivity index (χ3n) is 3.93. The zero-order valence-electron chi connectivity index (χ0n) is 11.2. The van der Waals surface area contributed by atoms with Crippen LogP contribution in [0.25, 0.3) is 0 Å². The molecule has 1 N–H and O–H groups in total. The van der Waals surface area contributed by atoms with E-state index in [9.17, 15) is 5.11 Å². The van der Waals surface area contributed by atoms with Gasteiger partial charge in [0.2, 0.25) is 0 Å². The van der Waals surface area contributed by atoms with Gasteiger partial charge in [0.15, 0.2) is 0 Å². The first kappa shape index (κ1) is 12.2. The number of hydrogen-bond acceptors (Lipinski definition) is 2. The van der Waals surface area contributed by atoms with Crippen LogP contribution in [0.2, 0.25) is 0 Å². The van der Waals surface area contributed by atoms with E-state index in [1.807, 2.05) is 18.2 Å². The highest BCUT2D eigenvalue weighted by molar-refractivity contribution is 5.38. The highest BCUT2D eigenvalue weighted by Crippen LogP contribution is 2.32. The largest absolute Gasteiger partial charge is 0.508 e. The monoisotopic (exact) mass is 253 g/mol. The molecule has 2 nitrogen and oxygen atoms in total. The van der Waals surface area contributed by atoms with Crippen LogP contribution >= 0.6 is 0 Å². The first-order valence-corrected chi connectivity index (χ1v) is 6.77. The predicted molar refractivity (Wildman–Crippen MR) is 77.3 cm³/mol. The van der Waals surface area contributed by atoms with E-state index in [0.717, 1.165) is 25.1 Å². The van der Waals surface area contributed by atoms with E-state index >= 15 is 0 Å². The molecular weight excluding hydrogens is 234 g/mol. The van der Waals surface area contributed by atoms with Crippen molar-refractivity contribution in [2.24, 2.45) is 0 Å². The number of fused-ring (bicyclic) bond motifs is 1. The quantitative estimate of drug-likeness (QED) is 0.888. The van der Waals surface area contributed by atoms with Crippen molar-refractivity contribution in [2.75, 3.05) is 13.6 Å². The van der Waals surface area contributed by atoms with Gasteiger partial charge in [-0.3, -0.25) is 0 Å². The summed E-state index contributed by atoms with van der Waals surface area (Å²) in [6, 6.07) is 16.3. The zero-order chi connectivity index (χ0) is 13.2. The number of nitrogens with zero attached hydrogens (tertiary/aromatic N) is 1. The minimum Gasteiger partial charge on any atom is -0.508 e. The Balaban J connectivity index is 1.91. The van der Waals surface area contributed by atoms with Crippen molar-refractivity contribution in [3.05, 3.63) is 65.2 Å². The van der Waals surface area contributed by atoms with Gasteiger partial charge in [-0.2, -0.15) is 0 Å². The van der Waals surface area contributed by atoms with Gasteiger partial charge in [-0.25, -0.2) is 0 Å². The van der Waals surface area contributed by atoms with Crippen molar-refractivity contribution in [1.82, 2.24) is 4.90 Å². The average molecular weight is 253 g/mol. The summed E-state index contributed by atoms with van der Waals surface area (Å²) in [5.41, 5.74) is 3.89. The Morgan fingerprint density at radius 1 is 1.11 bits per heavy atom. The van der Waals surface area contributed by atoms with Crippen LogP contribution in [-0.2, 0) is 13.0 Å². The van der Waals surface area contributed by atoms with Gasteiger partial charge in [0.25, 0.3) is 0 Å². The Labute approximate surface area is 114 Å². The molecule has 0 spiro atoms. The molecule has 1 atom stereocenters. The maximum Gasteiger partial charge on any atom is 0.118 e. The lowest BCUT2D eigenvalue weighted by Crippen LogP contribution is -2.31. The van der Waals surface area contributed by atoms with E-state index in [4.69, 9.17) is 0 Å². The number of rotatable bonds is 2. The van der Waals surface area contributed by atoms with Gasteiger partial charge >= 0.3 is 0 Å². The predicted octanol–water partition coefficient (Wildman–Crippen LogP) is 3.16. The summed E-state index contributed by atoms with van der Waals surface area (Å²) in [7, 11) is 2.16. The highest BCUT2D eigenvalue weighted by Gasteiger charge is 2.23. The topological polar surface area (TPSA) is 23.5 Å². The van der Waals surface area contributed by atoms with Gasteiger partial charge in [-0.15, -0.1) is 0 Å². The van der Waals surface area contributed by atoms with E-state index < -0.39 is 0 Å². The van der Waals surface area contributed by atoms with Crippen LogP contribution in [0.1, 0.15) is 22.6 Å². The van der Waals surface area contributed by atoms with Gasteiger partial charge in [-0.05, 0) is 36.2 Å². The first-order valence-electron chi connectivity index (χ1n) is 6.77. The Morgan fingerprint density at radius 2 is 1.84 bits per heavy atom. The Hall–Kier alpha value is -1.80. The molecule has 2 aromatic rings. The van der Waals surface area contributed by atoms with Crippen LogP contribution in [-0.4, -0.2) is 23.6 Å². The fraction of sp³-hybridized carbons (Fsp3) is 0.294. The summed E-state index contributed by atoms with van der Waals surface area (Å²) in [5, 5.41) is 9.94. The molecule has 0 amide bonds. The third-order valence-corrected chi connectivity index (χ3v) is 3.93. The van der Waals surface area contributed by atoms with E-state index in [1.165, 1.54) is 11.1 Å². The Morgan fingerprint density at radius 3 is 2.68 bits per heavy atom. The number of hydrogen-bond donors (Lipinski definition) is 1. The van der Waals surface area contributed by atoms with Gasteiger partial charge < -0.3 is 10.0 Å². The van der Waals surface area contributed by atoms with Crippen LogP contribution in [0.15, 0.2) is 48.5 Å². The maximum absolute atomic E-state index is 9.94. The van der Waals surface area contributed by atoms with E-state index in [2.05, 4.69) is 36.2 Å². The normalized spacial score (nSPS) is 19.1. The molecule has 1 unspecified atom stereocenters. The summed E-state index contributed by atoms with van der Waals surface area (Å²) in [5.74, 6) is 0.872. The smallest absolute Gasteiger partial charge is 0.118 e. The second-order valence-corrected chi connectivity index (χ2v) is 5.43. The van der Waals surface area contributed by atoms with Gasteiger partial charge in [-0.1, -0.05) is 42.5 Å². The molecule has 0 radical (unpaired) electrons. The van der Waals surface area contributed by atoms with Crippen molar-refractivity contribution < 1.29 is 5.11 Å². The number of benzene rings is 2. The minimum absolute atomic E-state index is 0.410. The lowest BCUT2D eigenvalue weighted by Gasteiger charge is -2.32. The molecule has 3 rings (SSSR count). The molecule has 1 aliphatic rings. The van der Waals surface area contributed by atoms with Crippen LogP contribution in [0, 0.1) is 0 Å². The summed E-state index contributed by atoms with van der Waals surface area (Å²) in [4.78, 5) is 2.35. The number of phenols is 1. The SMILES string of the molecule is CN1Cc2ccccc2C(Cc2ccccc2O)C1. The maximum atomic E-state index is 9.94. The molecule has 0 bridgehead atoms. The molecule has 0 fully saturated rings. The molecular formula is C17H19NO. The van der Waals surface area contributed by atoms with E-state index in [0.29, 0.717) is 11.7 Å². The van der Waals surface area contributed by atoms with E-state index in [1.54, 1.807) is 6.07 Å². The molecule has 0 saturated carbocycles. The molecule has 2 aromatic carbocycles. The molecule has 0 aliphatic carbocycles. The summed E-state index contributed by atoms with van der Waals surface area (Å²) >= 11 is 0. The summed E-state index contributed by atoms with van der Waals surface area (Å²) in [6.45, 7) is 2.07. The van der Waals surface area contributed by atoms with Crippen molar-refractivity contribution in [3.63, 3.8) is 0 Å². The fourth-order valence-electron chi connectivity index (χ4n) is 3.03. The second-order valence-electron chi connectivity index (χ2n) is 5.43. The average Bonchev–Trinajstić information content (AvgIpc) is 2.41. The van der Waals surface area contributed by atoms with Crippen molar-refractivity contribution in [3.8, 4) is 5.75 Å². The van der Waals surface area contributed by atoms with Crippen LogP contribution in [0.4, 0.5) is 0 Å². The van der Waals surface area contributed by atoms with Crippen molar-refractivity contribution >= 4 is 0 Å². The minimum atomic E-state index is 0.410. The highest BCUT2D eigenvalue weighted by atomic mass is 16.3. The molecule has 1 aliphatic heterocycles. The van der Waals surface area contributed by atoms with Crippen molar-refractivity contribution in [1.29, 1.82) is 0 Å². The number of likely N-dealkylation sites (N-methyl/N-ethyl adjacent to an activating group) is 1. The standard InChI is InChI=1S/C17H19NO/c1-18-11-14-7-2-4-8-16(14)15(12-18)10-13-6-3-5-9-17(13)19/h2-9,15,19H,10-12H2,1H3. The van der Waals surface area contributed by atoms with Crippen LogP contribution < -0.4 is 0 Å². The van der Waals surface area contributed by atoms with Gasteiger partial charge in [0.05, 0.1) is 0 Å². The molecule has 98 valence electrons. The zero-order valence-corrected chi connectivity index (χ0v) is 11.2. The molecule has 2 heteroatoms.